The predicted octanol–water partition coefficient (Wildman–Crippen LogP) is 4.41. The van der Waals surface area contributed by atoms with Crippen LogP contribution in [0, 0.1) is 0 Å². The lowest BCUT2D eigenvalue weighted by Crippen LogP contribution is -2.46. The maximum Gasteiger partial charge on any atom is 0.351 e. The first-order valence-electron chi connectivity index (χ1n) is 16.6. The molecule has 0 amide bonds. The van der Waals surface area contributed by atoms with Gasteiger partial charge in [-0.1, -0.05) is 29.3 Å². The van der Waals surface area contributed by atoms with Crippen molar-refractivity contribution in [3.05, 3.63) is 116 Å². The van der Waals surface area contributed by atoms with Gasteiger partial charge in [-0.25, -0.2) is 33.2 Å². The lowest BCUT2D eigenvalue weighted by molar-refractivity contribution is -0.190. The minimum atomic E-state index is -1.17. The van der Waals surface area contributed by atoms with Gasteiger partial charge in [-0.2, -0.15) is 5.10 Å². The second kappa shape index (κ2) is 14.4. The Morgan fingerprint density at radius 3 is 2.00 bits per heavy atom. The molecule has 2 aromatic heterocycles. The number of hydrogen-bond donors (Lipinski definition) is 0. The van der Waals surface area contributed by atoms with Crippen LogP contribution in [-0.2, 0) is 34.9 Å². The fourth-order valence-corrected chi connectivity index (χ4v) is 7.16. The monoisotopic (exact) mass is 720 g/mol. The molecule has 15 heteroatoms. The second-order valence-electron chi connectivity index (χ2n) is 12.1. The molecule has 13 nitrogen and oxygen atoms in total. The Balaban J connectivity index is 0.939. The topological polar surface area (TPSA) is 114 Å². The summed E-state index contributed by atoms with van der Waals surface area (Å²) in [4.78, 5) is 34.4. The van der Waals surface area contributed by atoms with Gasteiger partial charge < -0.3 is 24.0 Å². The normalized spacial score (nSPS) is 19.3. The van der Waals surface area contributed by atoms with Crippen molar-refractivity contribution in [1.29, 1.82) is 0 Å². The molecule has 2 aliphatic heterocycles. The molecule has 0 saturated carbocycles. The van der Waals surface area contributed by atoms with E-state index < -0.39 is 5.79 Å². The van der Waals surface area contributed by atoms with Crippen LogP contribution in [0.1, 0.15) is 19.4 Å². The van der Waals surface area contributed by atoms with Gasteiger partial charge in [0.25, 0.3) is 0 Å². The van der Waals surface area contributed by atoms with Gasteiger partial charge in [-0.3, -0.25) is 0 Å². The van der Waals surface area contributed by atoms with E-state index in [0.29, 0.717) is 41.0 Å². The van der Waals surface area contributed by atoms with Crippen LogP contribution in [0.4, 0.5) is 11.4 Å². The van der Waals surface area contributed by atoms with Gasteiger partial charge in [-0.15, -0.1) is 0 Å². The van der Waals surface area contributed by atoms with Crippen molar-refractivity contribution >= 4 is 34.6 Å². The number of benzene rings is 3. The van der Waals surface area contributed by atoms with E-state index in [9.17, 15) is 9.59 Å². The maximum absolute atomic E-state index is 12.9. The molecular formula is C35H38Cl2N8O5. The Morgan fingerprint density at radius 1 is 0.840 bits per heavy atom. The van der Waals surface area contributed by atoms with Crippen LogP contribution < -0.4 is 25.9 Å². The van der Waals surface area contributed by atoms with E-state index >= 15 is 0 Å². The summed E-state index contributed by atoms with van der Waals surface area (Å²) in [6.07, 6.45) is 2.71. The number of anilines is 2. The number of rotatable bonds is 11. The molecule has 0 aliphatic carbocycles. The summed E-state index contributed by atoms with van der Waals surface area (Å²) < 4.78 is 24.7. The highest BCUT2D eigenvalue weighted by atomic mass is 35.5. The molecule has 262 valence electrons. The molecule has 0 bridgehead atoms. The van der Waals surface area contributed by atoms with E-state index in [2.05, 4.69) is 32.0 Å². The van der Waals surface area contributed by atoms with Crippen LogP contribution in [0.25, 0.3) is 5.69 Å². The quantitative estimate of drug-likeness (QED) is 0.196. The molecule has 0 spiro atoms. The third kappa shape index (κ3) is 6.65. The highest BCUT2D eigenvalue weighted by Gasteiger charge is 2.45. The number of hydrogen-bond acceptors (Lipinski definition) is 9. The molecule has 2 unspecified atom stereocenters. The predicted molar refractivity (Wildman–Crippen MR) is 191 cm³/mol. The van der Waals surface area contributed by atoms with Crippen molar-refractivity contribution < 1.29 is 14.2 Å². The molecule has 50 heavy (non-hydrogen) atoms. The first kappa shape index (κ1) is 33.9. The largest absolute Gasteiger partial charge is 0.491 e. The fraction of sp³-hybridized carbons (Fsp3) is 0.371. The van der Waals surface area contributed by atoms with E-state index in [-0.39, 0.29) is 30.6 Å². The van der Waals surface area contributed by atoms with E-state index in [4.69, 9.17) is 37.4 Å². The SMILES string of the molecule is CCn1c(=O)n(-c2ccc(N3CCN(c4ccc(OCC5COC(Cn6cncn6)(c6ccc(Cl)cc6Cl)O5)cc4)CC3)cc2)c(=O)n1CC. The highest BCUT2D eigenvalue weighted by molar-refractivity contribution is 6.35. The summed E-state index contributed by atoms with van der Waals surface area (Å²) in [5.41, 5.74) is 2.76. The highest BCUT2D eigenvalue weighted by Crippen LogP contribution is 2.40. The Morgan fingerprint density at radius 2 is 1.44 bits per heavy atom. The molecule has 2 aliphatic rings. The molecule has 2 saturated heterocycles. The first-order valence-corrected chi connectivity index (χ1v) is 17.4. The van der Waals surface area contributed by atoms with Gasteiger partial charge in [0, 0.05) is 61.2 Å². The van der Waals surface area contributed by atoms with Crippen molar-refractivity contribution in [3.63, 3.8) is 0 Å². The standard InChI is InChI=1S/C35H38Cl2N8O5/c1-3-43-33(46)45(34(47)44(43)4-2)28-8-6-26(7-9-28)40-15-17-41(18-16-40)27-10-12-29(13-11-27)48-20-30-21-49-35(50-30,22-42-24-38-23-39-42)31-14-5-25(36)19-32(31)37/h5-14,19,23-24,30H,3-4,15-18,20-22H2,1-2H3. The molecule has 7 rings (SSSR count). The van der Waals surface area contributed by atoms with Gasteiger partial charge in [0.05, 0.1) is 17.3 Å². The number of aromatic nitrogens is 6. The third-order valence-corrected chi connectivity index (χ3v) is 9.69. The van der Waals surface area contributed by atoms with Crippen LogP contribution >= 0.6 is 23.2 Å². The zero-order chi connectivity index (χ0) is 34.8. The summed E-state index contributed by atoms with van der Waals surface area (Å²) >= 11 is 12.7. The van der Waals surface area contributed by atoms with Gasteiger partial charge in [0.15, 0.2) is 0 Å². The molecule has 3 aromatic carbocycles. The van der Waals surface area contributed by atoms with Crippen molar-refractivity contribution in [2.45, 2.75) is 45.4 Å². The Bertz CT molecular complexity index is 2000. The van der Waals surface area contributed by atoms with E-state index in [0.717, 1.165) is 43.3 Å². The molecule has 0 radical (unpaired) electrons. The Kier molecular flexibility index (Phi) is 9.73. The average Bonchev–Trinajstić information content (AvgIpc) is 3.86. The molecule has 5 aromatic rings. The van der Waals surface area contributed by atoms with Crippen molar-refractivity contribution in [3.8, 4) is 11.4 Å². The van der Waals surface area contributed by atoms with E-state index in [1.54, 1.807) is 29.2 Å². The van der Waals surface area contributed by atoms with Crippen molar-refractivity contribution in [1.82, 2.24) is 28.7 Å². The zero-order valence-electron chi connectivity index (χ0n) is 27.8. The summed E-state index contributed by atoms with van der Waals surface area (Å²) in [6.45, 7) is 8.80. The number of halogens is 2. The number of piperazine rings is 1. The molecular weight excluding hydrogens is 683 g/mol. The van der Waals surface area contributed by atoms with Crippen LogP contribution in [0.3, 0.4) is 0 Å². The number of nitrogens with zero attached hydrogens (tertiary/aromatic N) is 8. The maximum atomic E-state index is 12.9. The summed E-state index contributed by atoms with van der Waals surface area (Å²) in [6, 6.07) is 20.9. The van der Waals surface area contributed by atoms with Gasteiger partial charge >= 0.3 is 11.4 Å². The molecule has 4 heterocycles. The summed E-state index contributed by atoms with van der Waals surface area (Å²) in [7, 11) is 0. The first-order chi connectivity index (χ1) is 24.3. The van der Waals surface area contributed by atoms with Crippen LogP contribution in [0.15, 0.2) is 89.0 Å². The Labute approximate surface area is 298 Å². The average molecular weight is 722 g/mol. The molecule has 2 fully saturated rings. The third-order valence-electron chi connectivity index (χ3n) is 9.14. The van der Waals surface area contributed by atoms with Gasteiger partial charge in [-0.05, 0) is 74.5 Å². The Hall–Kier alpha value is -4.56. The molecule has 2 atom stereocenters. The summed E-state index contributed by atoms with van der Waals surface area (Å²) in [5, 5.41) is 5.19. The van der Waals surface area contributed by atoms with Crippen molar-refractivity contribution in [2.75, 3.05) is 49.2 Å². The van der Waals surface area contributed by atoms with Crippen LogP contribution in [0.2, 0.25) is 10.0 Å². The van der Waals surface area contributed by atoms with Crippen molar-refractivity contribution in [2.24, 2.45) is 0 Å². The lowest BCUT2D eigenvalue weighted by atomic mass is 10.1. The number of ether oxygens (including phenoxy) is 3. The fourth-order valence-electron chi connectivity index (χ4n) is 6.61. The second-order valence-corrected chi connectivity index (χ2v) is 13.0. The van der Waals surface area contributed by atoms with Crippen LogP contribution in [0.5, 0.6) is 5.75 Å². The van der Waals surface area contributed by atoms with Crippen LogP contribution in [-0.4, -0.2) is 74.2 Å². The van der Waals surface area contributed by atoms with Gasteiger partial charge in [0.1, 0.15) is 37.7 Å². The smallest absolute Gasteiger partial charge is 0.351 e. The zero-order valence-corrected chi connectivity index (χ0v) is 29.3. The van der Waals surface area contributed by atoms with E-state index in [1.807, 2.05) is 50.2 Å². The molecule has 0 N–H and O–H groups in total. The summed E-state index contributed by atoms with van der Waals surface area (Å²) in [5.74, 6) is -0.440. The minimum absolute atomic E-state index is 0.258. The van der Waals surface area contributed by atoms with Gasteiger partial charge in [0.2, 0.25) is 5.79 Å². The lowest BCUT2D eigenvalue weighted by Gasteiger charge is -2.37. The van der Waals surface area contributed by atoms with E-state index in [1.165, 1.54) is 20.3 Å². The minimum Gasteiger partial charge on any atom is -0.491 e.